The second-order valence-corrected chi connectivity index (χ2v) is 8.24. The van der Waals surface area contributed by atoms with Gasteiger partial charge in [-0.25, -0.2) is 4.79 Å². The van der Waals surface area contributed by atoms with Crippen molar-refractivity contribution >= 4 is 12.0 Å². The minimum Gasteiger partial charge on any atom is -0.444 e. The maximum Gasteiger partial charge on any atom is 0.410 e. The van der Waals surface area contributed by atoms with E-state index >= 15 is 0 Å². The van der Waals surface area contributed by atoms with Crippen molar-refractivity contribution in [3.63, 3.8) is 0 Å². The zero-order valence-corrected chi connectivity index (χ0v) is 16.9. The fourth-order valence-electron chi connectivity index (χ4n) is 3.26. The lowest BCUT2D eigenvalue weighted by molar-refractivity contribution is -0.125. The SMILES string of the molecule is CC(C)(C)OC(=O)N(CCCNC(=O)C1CCCCC1)Cc1cccnc1. The summed E-state index contributed by atoms with van der Waals surface area (Å²) in [6.07, 6.45) is 9.34. The first-order valence-corrected chi connectivity index (χ1v) is 10.00. The topological polar surface area (TPSA) is 71.5 Å². The van der Waals surface area contributed by atoms with Crippen molar-refractivity contribution < 1.29 is 14.3 Å². The van der Waals surface area contributed by atoms with Crippen LogP contribution in [-0.4, -0.2) is 40.6 Å². The zero-order chi connectivity index (χ0) is 19.7. The van der Waals surface area contributed by atoms with Crippen molar-refractivity contribution in [3.8, 4) is 0 Å². The summed E-state index contributed by atoms with van der Waals surface area (Å²) in [5.74, 6) is 0.321. The Labute approximate surface area is 162 Å². The number of pyridine rings is 1. The molecule has 27 heavy (non-hydrogen) atoms. The van der Waals surface area contributed by atoms with Gasteiger partial charge in [-0.3, -0.25) is 9.78 Å². The van der Waals surface area contributed by atoms with Crippen LogP contribution < -0.4 is 5.32 Å². The molecule has 0 radical (unpaired) electrons. The smallest absolute Gasteiger partial charge is 0.410 e. The summed E-state index contributed by atoms with van der Waals surface area (Å²) in [4.78, 5) is 30.5. The van der Waals surface area contributed by atoms with E-state index in [0.717, 1.165) is 31.2 Å². The first kappa shape index (κ1) is 21.2. The highest BCUT2D eigenvalue weighted by Crippen LogP contribution is 2.23. The molecular weight excluding hydrogens is 342 g/mol. The van der Waals surface area contributed by atoms with Crippen LogP contribution in [0, 0.1) is 5.92 Å². The molecule has 0 spiro atoms. The molecule has 150 valence electrons. The van der Waals surface area contributed by atoms with E-state index in [1.807, 2.05) is 32.9 Å². The largest absolute Gasteiger partial charge is 0.444 e. The molecule has 1 aromatic heterocycles. The lowest BCUT2D eigenvalue weighted by atomic mass is 9.89. The molecule has 1 aromatic rings. The van der Waals surface area contributed by atoms with Gasteiger partial charge in [0.1, 0.15) is 5.60 Å². The van der Waals surface area contributed by atoms with Gasteiger partial charge in [0.2, 0.25) is 5.91 Å². The molecule has 1 aliphatic rings. The van der Waals surface area contributed by atoms with E-state index in [1.54, 1.807) is 17.3 Å². The predicted molar refractivity (Wildman–Crippen MR) is 105 cm³/mol. The van der Waals surface area contributed by atoms with Crippen LogP contribution in [0.4, 0.5) is 4.79 Å². The van der Waals surface area contributed by atoms with E-state index in [9.17, 15) is 9.59 Å². The Morgan fingerprint density at radius 1 is 1.26 bits per heavy atom. The van der Waals surface area contributed by atoms with Gasteiger partial charge in [0.25, 0.3) is 0 Å². The van der Waals surface area contributed by atoms with Crippen molar-refractivity contribution in [2.75, 3.05) is 13.1 Å². The van der Waals surface area contributed by atoms with Crippen LogP contribution in [0.3, 0.4) is 0 Å². The average molecular weight is 376 g/mol. The minimum atomic E-state index is -0.542. The van der Waals surface area contributed by atoms with Crippen molar-refractivity contribution in [3.05, 3.63) is 30.1 Å². The van der Waals surface area contributed by atoms with Gasteiger partial charge in [0.05, 0.1) is 6.54 Å². The maximum absolute atomic E-state index is 12.5. The number of hydrogen-bond donors (Lipinski definition) is 1. The van der Waals surface area contributed by atoms with Gasteiger partial charge in [0, 0.05) is 31.4 Å². The third-order valence-electron chi connectivity index (χ3n) is 4.63. The van der Waals surface area contributed by atoms with Crippen molar-refractivity contribution in [1.82, 2.24) is 15.2 Å². The fraction of sp³-hybridized carbons (Fsp3) is 0.667. The number of amides is 2. The number of hydrogen-bond acceptors (Lipinski definition) is 4. The summed E-state index contributed by atoms with van der Waals surface area (Å²) in [7, 11) is 0. The van der Waals surface area contributed by atoms with Crippen LogP contribution in [0.25, 0.3) is 0 Å². The molecule has 0 atom stereocenters. The Kier molecular flexibility index (Phi) is 8.07. The fourth-order valence-corrected chi connectivity index (χ4v) is 3.26. The number of rotatable bonds is 7. The highest BCUT2D eigenvalue weighted by atomic mass is 16.6. The molecule has 2 rings (SSSR count). The Hall–Kier alpha value is -2.11. The summed E-state index contributed by atoms with van der Waals surface area (Å²) < 4.78 is 5.52. The average Bonchev–Trinajstić information content (AvgIpc) is 2.64. The second-order valence-electron chi connectivity index (χ2n) is 8.24. The minimum absolute atomic E-state index is 0.158. The van der Waals surface area contributed by atoms with E-state index in [1.165, 1.54) is 6.42 Å². The van der Waals surface area contributed by atoms with Crippen LogP contribution in [0.2, 0.25) is 0 Å². The van der Waals surface area contributed by atoms with E-state index in [2.05, 4.69) is 10.3 Å². The molecule has 1 N–H and O–H groups in total. The molecule has 0 aliphatic heterocycles. The number of nitrogens with one attached hydrogen (secondary N) is 1. The number of aromatic nitrogens is 1. The monoisotopic (exact) mass is 375 g/mol. The predicted octanol–water partition coefficient (Wildman–Crippen LogP) is 3.91. The van der Waals surface area contributed by atoms with Gasteiger partial charge in [-0.15, -0.1) is 0 Å². The second kappa shape index (κ2) is 10.3. The molecule has 6 heteroatoms. The lowest BCUT2D eigenvalue weighted by Gasteiger charge is -2.27. The van der Waals surface area contributed by atoms with Gasteiger partial charge in [0.15, 0.2) is 0 Å². The summed E-state index contributed by atoms with van der Waals surface area (Å²) in [5, 5.41) is 3.03. The summed E-state index contributed by atoms with van der Waals surface area (Å²) >= 11 is 0. The van der Waals surface area contributed by atoms with Crippen LogP contribution in [0.5, 0.6) is 0 Å². The molecule has 0 saturated heterocycles. The molecule has 1 fully saturated rings. The lowest BCUT2D eigenvalue weighted by Crippen LogP contribution is -2.39. The molecule has 0 unspecified atom stereocenters. The molecule has 2 amide bonds. The first-order valence-electron chi connectivity index (χ1n) is 10.00. The molecule has 1 heterocycles. The maximum atomic E-state index is 12.5. The van der Waals surface area contributed by atoms with Crippen LogP contribution in [-0.2, 0) is 16.1 Å². The zero-order valence-electron chi connectivity index (χ0n) is 16.9. The number of nitrogens with zero attached hydrogens (tertiary/aromatic N) is 2. The highest BCUT2D eigenvalue weighted by molar-refractivity contribution is 5.78. The van der Waals surface area contributed by atoms with Gasteiger partial charge < -0.3 is 15.0 Å². The normalized spacial score (nSPS) is 15.2. The first-order chi connectivity index (χ1) is 12.8. The third-order valence-corrected chi connectivity index (χ3v) is 4.63. The Morgan fingerprint density at radius 2 is 2.00 bits per heavy atom. The molecule has 6 nitrogen and oxygen atoms in total. The molecule has 1 saturated carbocycles. The Bertz CT molecular complexity index is 592. The van der Waals surface area contributed by atoms with Gasteiger partial charge in [-0.05, 0) is 51.7 Å². The molecule has 0 aromatic carbocycles. The van der Waals surface area contributed by atoms with E-state index < -0.39 is 5.60 Å². The Morgan fingerprint density at radius 3 is 2.63 bits per heavy atom. The van der Waals surface area contributed by atoms with Gasteiger partial charge >= 0.3 is 6.09 Å². The standard InChI is InChI=1S/C21H33N3O3/c1-21(2,3)27-20(26)24(16-17-9-7-12-22-15-17)14-8-13-23-19(25)18-10-5-4-6-11-18/h7,9,12,15,18H,4-6,8,10-11,13-14,16H2,1-3H3,(H,23,25). The summed E-state index contributed by atoms with van der Waals surface area (Å²) in [5.41, 5.74) is 0.411. The van der Waals surface area contributed by atoms with E-state index in [-0.39, 0.29) is 17.9 Å². The highest BCUT2D eigenvalue weighted by Gasteiger charge is 2.23. The van der Waals surface area contributed by atoms with Crippen molar-refractivity contribution in [1.29, 1.82) is 0 Å². The van der Waals surface area contributed by atoms with Crippen molar-refractivity contribution in [2.24, 2.45) is 5.92 Å². The molecule has 1 aliphatic carbocycles. The summed E-state index contributed by atoms with van der Waals surface area (Å²) in [6.45, 7) is 7.11. The van der Waals surface area contributed by atoms with Crippen LogP contribution in [0.1, 0.15) is 64.9 Å². The number of ether oxygens (including phenoxy) is 1. The Balaban J connectivity index is 1.83. The summed E-state index contributed by atoms with van der Waals surface area (Å²) in [6, 6.07) is 3.79. The van der Waals surface area contributed by atoms with Gasteiger partial charge in [-0.1, -0.05) is 25.3 Å². The van der Waals surface area contributed by atoms with Gasteiger partial charge in [-0.2, -0.15) is 0 Å². The third kappa shape index (κ3) is 7.97. The van der Waals surface area contributed by atoms with E-state index in [0.29, 0.717) is 26.1 Å². The van der Waals surface area contributed by atoms with Crippen LogP contribution >= 0.6 is 0 Å². The quantitative estimate of drug-likeness (QED) is 0.734. The van der Waals surface area contributed by atoms with Crippen LogP contribution in [0.15, 0.2) is 24.5 Å². The number of carbonyl (C=O) groups is 2. The molecular formula is C21H33N3O3. The molecule has 0 bridgehead atoms. The van der Waals surface area contributed by atoms with Crippen molar-refractivity contribution in [2.45, 2.75) is 71.4 Å². The van der Waals surface area contributed by atoms with E-state index in [4.69, 9.17) is 4.74 Å². The number of carbonyl (C=O) groups excluding carboxylic acids is 2.